The van der Waals surface area contributed by atoms with Crippen molar-refractivity contribution >= 4 is 11.8 Å². The molecule has 0 aliphatic heterocycles. The summed E-state index contributed by atoms with van der Waals surface area (Å²) in [6, 6.07) is 2.44. The van der Waals surface area contributed by atoms with Crippen LogP contribution >= 0.6 is 0 Å². The van der Waals surface area contributed by atoms with E-state index in [1.54, 1.807) is 0 Å². The van der Waals surface area contributed by atoms with Crippen LogP contribution in [0.2, 0.25) is 0 Å². The highest BCUT2D eigenvalue weighted by molar-refractivity contribution is 5.44. The molecule has 96 valence electrons. The smallest absolute Gasteiger partial charge is 0.227 e. The number of nitrogens with zero attached hydrogens (tertiary/aromatic N) is 3. The molecule has 1 unspecified atom stereocenters. The fourth-order valence-corrected chi connectivity index (χ4v) is 1.63. The third kappa shape index (κ3) is 3.88. The molecule has 4 nitrogen and oxygen atoms in total. The predicted molar refractivity (Wildman–Crippen MR) is 73.7 cm³/mol. The van der Waals surface area contributed by atoms with Gasteiger partial charge in [0.05, 0.1) is 0 Å². The predicted octanol–water partition coefficient (Wildman–Crippen LogP) is 2.84. The Labute approximate surface area is 104 Å². The second-order valence-electron chi connectivity index (χ2n) is 4.32. The minimum Gasteiger partial charge on any atom is -0.367 e. The van der Waals surface area contributed by atoms with Gasteiger partial charge in [0.25, 0.3) is 0 Å². The third-order valence-corrected chi connectivity index (χ3v) is 2.90. The summed E-state index contributed by atoms with van der Waals surface area (Å²) in [5, 5.41) is 3.40. The number of nitrogens with one attached hydrogen (secondary N) is 1. The summed E-state index contributed by atoms with van der Waals surface area (Å²) in [6.07, 6.45) is 1.09. The number of anilines is 2. The summed E-state index contributed by atoms with van der Waals surface area (Å²) in [6.45, 7) is 12.4. The first-order valence-electron chi connectivity index (χ1n) is 6.47. The maximum absolute atomic E-state index is 4.57. The summed E-state index contributed by atoms with van der Waals surface area (Å²) in [7, 11) is 0. The van der Waals surface area contributed by atoms with Gasteiger partial charge in [0.2, 0.25) is 5.95 Å². The fraction of sp³-hybridized carbons (Fsp3) is 0.692. The fourth-order valence-electron chi connectivity index (χ4n) is 1.63. The van der Waals surface area contributed by atoms with Crippen molar-refractivity contribution in [1.29, 1.82) is 0 Å². The molecule has 17 heavy (non-hydrogen) atoms. The Hall–Kier alpha value is -1.32. The highest BCUT2D eigenvalue weighted by Gasteiger charge is 2.08. The monoisotopic (exact) mass is 236 g/mol. The molecule has 1 aromatic rings. The maximum Gasteiger partial charge on any atom is 0.227 e. The van der Waals surface area contributed by atoms with Crippen LogP contribution in [0, 0.1) is 6.92 Å². The second kappa shape index (κ2) is 6.42. The molecule has 0 radical (unpaired) electrons. The molecule has 0 amide bonds. The number of hydrogen-bond acceptors (Lipinski definition) is 4. The van der Waals surface area contributed by atoms with E-state index in [2.05, 4.69) is 47.9 Å². The first-order chi connectivity index (χ1) is 8.10. The lowest BCUT2D eigenvalue weighted by molar-refractivity contribution is 0.753. The Morgan fingerprint density at radius 2 is 1.88 bits per heavy atom. The van der Waals surface area contributed by atoms with Gasteiger partial charge in [-0.15, -0.1) is 0 Å². The summed E-state index contributed by atoms with van der Waals surface area (Å²) >= 11 is 0. The molecule has 0 bridgehead atoms. The highest BCUT2D eigenvalue weighted by atomic mass is 15.3. The lowest BCUT2D eigenvalue weighted by Crippen LogP contribution is -2.25. The molecular weight excluding hydrogens is 212 g/mol. The normalized spacial score (nSPS) is 12.3. The Morgan fingerprint density at radius 3 is 2.41 bits per heavy atom. The van der Waals surface area contributed by atoms with E-state index in [-0.39, 0.29) is 0 Å². The second-order valence-corrected chi connectivity index (χ2v) is 4.32. The van der Waals surface area contributed by atoms with E-state index in [9.17, 15) is 0 Å². The van der Waals surface area contributed by atoms with Crippen molar-refractivity contribution in [3.05, 3.63) is 11.8 Å². The zero-order chi connectivity index (χ0) is 12.8. The Kier molecular flexibility index (Phi) is 5.19. The number of hydrogen-bond donors (Lipinski definition) is 1. The minimum absolute atomic E-state index is 0.439. The van der Waals surface area contributed by atoms with E-state index in [0.29, 0.717) is 6.04 Å². The zero-order valence-electron chi connectivity index (χ0n) is 11.6. The summed E-state index contributed by atoms with van der Waals surface area (Å²) in [4.78, 5) is 11.2. The molecule has 0 aliphatic carbocycles. The molecule has 0 saturated carbocycles. The van der Waals surface area contributed by atoms with Gasteiger partial charge in [-0.25, -0.2) is 4.98 Å². The third-order valence-electron chi connectivity index (χ3n) is 2.90. The zero-order valence-corrected chi connectivity index (χ0v) is 11.6. The van der Waals surface area contributed by atoms with E-state index < -0.39 is 0 Å². The van der Waals surface area contributed by atoms with Gasteiger partial charge in [0.1, 0.15) is 5.82 Å². The van der Waals surface area contributed by atoms with Crippen molar-refractivity contribution in [2.45, 2.75) is 47.1 Å². The summed E-state index contributed by atoms with van der Waals surface area (Å²) in [5.74, 6) is 1.74. The molecular formula is C13H24N4. The van der Waals surface area contributed by atoms with Crippen molar-refractivity contribution in [1.82, 2.24) is 9.97 Å². The van der Waals surface area contributed by atoms with E-state index in [1.165, 1.54) is 0 Å². The topological polar surface area (TPSA) is 41.1 Å². The van der Waals surface area contributed by atoms with Crippen LogP contribution in [0.15, 0.2) is 6.07 Å². The molecule has 1 rings (SSSR count). The van der Waals surface area contributed by atoms with Gasteiger partial charge in [-0.1, -0.05) is 6.92 Å². The van der Waals surface area contributed by atoms with Crippen molar-refractivity contribution in [2.75, 3.05) is 23.3 Å². The molecule has 0 spiro atoms. The van der Waals surface area contributed by atoms with Crippen LogP contribution in [-0.4, -0.2) is 29.1 Å². The molecule has 0 aliphatic rings. The Morgan fingerprint density at radius 1 is 1.24 bits per heavy atom. The average molecular weight is 236 g/mol. The van der Waals surface area contributed by atoms with Crippen molar-refractivity contribution < 1.29 is 0 Å². The minimum atomic E-state index is 0.439. The van der Waals surface area contributed by atoms with Gasteiger partial charge < -0.3 is 10.2 Å². The van der Waals surface area contributed by atoms with E-state index in [0.717, 1.165) is 37.0 Å². The standard InChI is InChI=1S/C13H24N4/c1-6-10(4)14-12-9-11(5)15-13(16-12)17(7-2)8-3/h9-10H,6-8H2,1-5H3,(H,14,15,16). The van der Waals surface area contributed by atoms with Crippen molar-refractivity contribution in [2.24, 2.45) is 0 Å². The molecule has 4 heteroatoms. The van der Waals surface area contributed by atoms with Crippen molar-refractivity contribution in [3.63, 3.8) is 0 Å². The van der Waals surface area contributed by atoms with Crippen LogP contribution in [-0.2, 0) is 0 Å². The van der Waals surface area contributed by atoms with E-state index in [4.69, 9.17) is 0 Å². The van der Waals surface area contributed by atoms with Crippen LogP contribution in [0.5, 0.6) is 0 Å². The Bertz CT molecular complexity index is 347. The molecule has 1 heterocycles. The van der Waals surface area contributed by atoms with Gasteiger partial charge >= 0.3 is 0 Å². The van der Waals surface area contributed by atoms with Crippen molar-refractivity contribution in [3.8, 4) is 0 Å². The highest BCUT2D eigenvalue weighted by Crippen LogP contribution is 2.14. The van der Waals surface area contributed by atoms with Crippen LogP contribution < -0.4 is 10.2 Å². The lowest BCUT2D eigenvalue weighted by Gasteiger charge is -2.20. The average Bonchev–Trinajstić information content (AvgIpc) is 2.29. The van der Waals surface area contributed by atoms with Gasteiger partial charge in [-0.3, -0.25) is 0 Å². The Balaban J connectivity index is 2.93. The molecule has 1 aromatic heterocycles. The van der Waals surface area contributed by atoms with E-state index >= 15 is 0 Å². The molecule has 1 atom stereocenters. The van der Waals surface area contributed by atoms with Crippen LogP contribution in [0.1, 0.15) is 39.8 Å². The quantitative estimate of drug-likeness (QED) is 0.824. The van der Waals surface area contributed by atoms with Gasteiger partial charge in [-0.05, 0) is 34.1 Å². The van der Waals surface area contributed by atoms with Gasteiger partial charge in [0, 0.05) is 30.9 Å². The molecule has 0 saturated heterocycles. The van der Waals surface area contributed by atoms with Crippen LogP contribution in [0.4, 0.5) is 11.8 Å². The number of aryl methyl sites for hydroxylation is 1. The molecule has 1 N–H and O–H groups in total. The van der Waals surface area contributed by atoms with Gasteiger partial charge in [-0.2, -0.15) is 4.98 Å². The first-order valence-corrected chi connectivity index (χ1v) is 6.47. The lowest BCUT2D eigenvalue weighted by atomic mass is 10.2. The SMILES string of the molecule is CCC(C)Nc1cc(C)nc(N(CC)CC)n1. The number of rotatable bonds is 6. The largest absolute Gasteiger partial charge is 0.367 e. The summed E-state index contributed by atoms with van der Waals surface area (Å²) in [5.41, 5.74) is 1.01. The van der Waals surface area contributed by atoms with Crippen LogP contribution in [0.3, 0.4) is 0 Å². The summed E-state index contributed by atoms with van der Waals surface area (Å²) < 4.78 is 0. The molecule has 0 aromatic carbocycles. The van der Waals surface area contributed by atoms with Gasteiger partial charge in [0.15, 0.2) is 0 Å². The molecule has 0 fully saturated rings. The van der Waals surface area contributed by atoms with Crippen LogP contribution in [0.25, 0.3) is 0 Å². The first kappa shape index (κ1) is 13.7. The number of aromatic nitrogens is 2. The van der Waals surface area contributed by atoms with E-state index in [1.807, 2.05) is 13.0 Å². The maximum atomic E-state index is 4.57.